The standard InChI is InChI=1S/C12H8F2N2S/c1-6-4-17-5-7(6)12-15-9-3-2-8(13)10(14)11(9)16-12/h2-5H,1H3,(H,15,16). The van der Waals surface area contributed by atoms with Crippen molar-refractivity contribution in [3.63, 3.8) is 0 Å². The number of nitrogens with one attached hydrogen (secondary N) is 1. The minimum atomic E-state index is -0.905. The van der Waals surface area contributed by atoms with Crippen LogP contribution in [0.4, 0.5) is 8.78 Å². The largest absolute Gasteiger partial charge is 0.338 e. The van der Waals surface area contributed by atoms with Crippen molar-refractivity contribution in [2.24, 2.45) is 0 Å². The molecule has 0 bridgehead atoms. The fourth-order valence-electron chi connectivity index (χ4n) is 1.75. The van der Waals surface area contributed by atoms with Crippen molar-refractivity contribution in [1.82, 2.24) is 9.97 Å². The highest BCUT2D eigenvalue weighted by Crippen LogP contribution is 2.27. The van der Waals surface area contributed by atoms with Crippen LogP contribution in [0.25, 0.3) is 22.4 Å². The van der Waals surface area contributed by atoms with Crippen LogP contribution in [0.2, 0.25) is 0 Å². The summed E-state index contributed by atoms with van der Waals surface area (Å²) in [6.07, 6.45) is 0. The molecule has 0 saturated heterocycles. The number of halogens is 2. The van der Waals surface area contributed by atoms with Gasteiger partial charge >= 0.3 is 0 Å². The molecule has 86 valence electrons. The van der Waals surface area contributed by atoms with Gasteiger partial charge in [-0.2, -0.15) is 11.3 Å². The monoisotopic (exact) mass is 250 g/mol. The number of nitrogens with zero attached hydrogens (tertiary/aromatic N) is 1. The van der Waals surface area contributed by atoms with Crippen molar-refractivity contribution >= 4 is 22.4 Å². The number of aryl methyl sites for hydroxylation is 1. The van der Waals surface area contributed by atoms with Gasteiger partial charge in [-0.3, -0.25) is 0 Å². The molecule has 0 atom stereocenters. The SMILES string of the molecule is Cc1cscc1-c1nc2c(F)c(F)ccc2[nH]1. The van der Waals surface area contributed by atoms with Gasteiger partial charge in [0.15, 0.2) is 11.6 Å². The average Bonchev–Trinajstić information content (AvgIpc) is 2.89. The lowest BCUT2D eigenvalue weighted by atomic mass is 10.2. The molecular weight excluding hydrogens is 242 g/mol. The zero-order chi connectivity index (χ0) is 12.0. The summed E-state index contributed by atoms with van der Waals surface area (Å²) in [5.74, 6) is -1.21. The molecule has 0 radical (unpaired) electrons. The first-order chi connectivity index (χ1) is 8.16. The Hall–Kier alpha value is -1.75. The molecule has 2 aromatic heterocycles. The summed E-state index contributed by atoms with van der Waals surface area (Å²) >= 11 is 1.55. The van der Waals surface area contributed by atoms with E-state index < -0.39 is 11.6 Å². The first kappa shape index (κ1) is 10.4. The maximum atomic E-state index is 13.5. The summed E-state index contributed by atoms with van der Waals surface area (Å²) in [6, 6.07) is 2.59. The smallest absolute Gasteiger partial charge is 0.186 e. The Morgan fingerprint density at radius 2 is 2.06 bits per heavy atom. The predicted octanol–water partition coefficient (Wildman–Crippen LogP) is 3.88. The van der Waals surface area contributed by atoms with Crippen LogP contribution in [0.15, 0.2) is 22.9 Å². The number of hydrogen-bond donors (Lipinski definition) is 1. The molecule has 17 heavy (non-hydrogen) atoms. The summed E-state index contributed by atoms with van der Waals surface area (Å²) in [5.41, 5.74) is 2.54. The van der Waals surface area contributed by atoms with Gasteiger partial charge in [0.25, 0.3) is 0 Å². The van der Waals surface area contributed by atoms with E-state index in [4.69, 9.17) is 0 Å². The topological polar surface area (TPSA) is 28.7 Å². The van der Waals surface area contributed by atoms with E-state index in [0.717, 1.165) is 17.2 Å². The van der Waals surface area contributed by atoms with E-state index in [-0.39, 0.29) is 5.52 Å². The molecule has 0 aliphatic rings. The van der Waals surface area contributed by atoms with E-state index >= 15 is 0 Å². The Morgan fingerprint density at radius 1 is 1.24 bits per heavy atom. The van der Waals surface area contributed by atoms with Crippen molar-refractivity contribution in [3.8, 4) is 11.4 Å². The molecule has 0 amide bonds. The third kappa shape index (κ3) is 1.54. The lowest BCUT2D eigenvalue weighted by Gasteiger charge is -1.92. The Kier molecular flexibility index (Phi) is 2.22. The van der Waals surface area contributed by atoms with E-state index in [1.807, 2.05) is 17.7 Å². The number of imidazole rings is 1. The van der Waals surface area contributed by atoms with Gasteiger partial charge in [-0.1, -0.05) is 0 Å². The molecule has 3 rings (SSSR count). The maximum absolute atomic E-state index is 13.5. The zero-order valence-corrected chi connectivity index (χ0v) is 9.74. The van der Waals surface area contributed by atoms with E-state index in [9.17, 15) is 8.78 Å². The second-order valence-electron chi connectivity index (χ2n) is 3.81. The molecule has 0 unspecified atom stereocenters. The lowest BCUT2D eigenvalue weighted by Crippen LogP contribution is -1.84. The minimum Gasteiger partial charge on any atom is -0.338 e. The highest BCUT2D eigenvalue weighted by Gasteiger charge is 2.13. The molecule has 0 aliphatic carbocycles. The number of aromatic amines is 1. The van der Waals surface area contributed by atoms with Gasteiger partial charge in [0.2, 0.25) is 0 Å². The zero-order valence-electron chi connectivity index (χ0n) is 8.92. The molecule has 2 nitrogen and oxygen atoms in total. The van der Waals surface area contributed by atoms with E-state index in [0.29, 0.717) is 11.3 Å². The molecule has 5 heteroatoms. The number of rotatable bonds is 1. The second kappa shape index (κ2) is 3.63. The number of aromatic nitrogens is 2. The van der Waals surface area contributed by atoms with E-state index in [2.05, 4.69) is 9.97 Å². The van der Waals surface area contributed by atoms with Crippen molar-refractivity contribution in [2.75, 3.05) is 0 Å². The summed E-state index contributed by atoms with van der Waals surface area (Å²) in [6.45, 7) is 1.95. The average molecular weight is 250 g/mol. The van der Waals surface area contributed by atoms with Crippen molar-refractivity contribution < 1.29 is 8.78 Å². The Labute approximate surface area is 99.9 Å². The lowest BCUT2D eigenvalue weighted by molar-refractivity contribution is 0.515. The first-order valence-electron chi connectivity index (χ1n) is 5.03. The first-order valence-corrected chi connectivity index (χ1v) is 5.98. The maximum Gasteiger partial charge on any atom is 0.186 e. The molecule has 0 fully saturated rings. The molecule has 1 aromatic carbocycles. The Bertz CT molecular complexity index is 700. The van der Waals surface area contributed by atoms with Crippen LogP contribution in [0, 0.1) is 18.6 Å². The van der Waals surface area contributed by atoms with Gasteiger partial charge < -0.3 is 4.98 Å². The third-order valence-corrected chi connectivity index (χ3v) is 3.52. The molecule has 0 saturated carbocycles. The van der Waals surface area contributed by atoms with Crippen LogP contribution in [-0.2, 0) is 0 Å². The molecule has 1 N–H and O–H groups in total. The van der Waals surface area contributed by atoms with Gasteiger partial charge in [0.1, 0.15) is 11.3 Å². The Morgan fingerprint density at radius 3 is 2.76 bits per heavy atom. The van der Waals surface area contributed by atoms with Crippen LogP contribution in [0.3, 0.4) is 0 Å². The minimum absolute atomic E-state index is 0.0469. The van der Waals surface area contributed by atoms with Gasteiger partial charge in [-0.15, -0.1) is 0 Å². The molecule has 0 aliphatic heterocycles. The molecule has 2 heterocycles. The Balaban J connectivity index is 2.27. The van der Waals surface area contributed by atoms with Crippen molar-refractivity contribution in [1.29, 1.82) is 0 Å². The normalized spacial score (nSPS) is 11.2. The van der Waals surface area contributed by atoms with Crippen LogP contribution < -0.4 is 0 Å². The summed E-state index contributed by atoms with van der Waals surface area (Å²) in [4.78, 5) is 7.11. The fourth-order valence-corrected chi connectivity index (χ4v) is 2.58. The van der Waals surface area contributed by atoms with Crippen LogP contribution in [0.5, 0.6) is 0 Å². The third-order valence-electron chi connectivity index (χ3n) is 2.66. The predicted molar refractivity (Wildman–Crippen MR) is 64.1 cm³/mol. The van der Waals surface area contributed by atoms with Crippen LogP contribution >= 0.6 is 11.3 Å². The number of fused-ring (bicyclic) bond motifs is 1. The van der Waals surface area contributed by atoms with Crippen LogP contribution in [0.1, 0.15) is 5.56 Å². The van der Waals surface area contributed by atoms with Gasteiger partial charge in [-0.05, 0) is 30.0 Å². The summed E-state index contributed by atoms with van der Waals surface area (Å²) in [7, 11) is 0. The van der Waals surface area contributed by atoms with Crippen LogP contribution in [-0.4, -0.2) is 9.97 Å². The fraction of sp³-hybridized carbons (Fsp3) is 0.0833. The number of thiophene rings is 1. The van der Waals surface area contributed by atoms with Gasteiger partial charge in [0.05, 0.1) is 5.52 Å². The number of benzene rings is 1. The molecular formula is C12H8F2N2S. The highest BCUT2D eigenvalue weighted by molar-refractivity contribution is 7.08. The van der Waals surface area contributed by atoms with E-state index in [1.165, 1.54) is 6.07 Å². The van der Waals surface area contributed by atoms with E-state index in [1.54, 1.807) is 11.3 Å². The second-order valence-corrected chi connectivity index (χ2v) is 4.55. The quantitative estimate of drug-likeness (QED) is 0.697. The van der Waals surface area contributed by atoms with Crippen molar-refractivity contribution in [3.05, 3.63) is 40.1 Å². The van der Waals surface area contributed by atoms with Gasteiger partial charge in [0, 0.05) is 10.9 Å². The van der Waals surface area contributed by atoms with Crippen molar-refractivity contribution in [2.45, 2.75) is 6.92 Å². The number of H-pyrrole nitrogens is 1. The summed E-state index contributed by atoms with van der Waals surface area (Å²) < 4.78 is 26.6. The summed E-state index contributed by atoms with van der Waals surface area (Å²) in [5, 5.41) is 3.92. The molecule has 0 spiro atoms. The van der Waals surface area contributed by atoms with Gasteiger partial charge in [-0.25, -0.2) is 13.8 Å². The highest BCUT2D eigenvalue weighted by atomic mass is 32.1. The molecule has 3 aromatic rings. The number of hydrogen-bond acceptors (Lipinski definition) is 2.